The number of alkyl carbamates (subject to hydrolysis) is 1. The number of hydrogen-bond donors (Lipinski definition) is 4. The van der Waals surface area contributed by atoms with Crippen LogP contribution in [0.3, 0.4) is 0 Å². The molecule has 1 aromatic carbocycles. The third kappa shape index (κ3) is 9.03. The van der Waals surface area contributed by atoms with Gasteiger partial charge in [-0.25, -0.2) is 4.79 Å². The van der Waals surface area contributed by atoms with Crippen molar-refractivity contribution in [1.82, 2.24) is 10.6 Å². The molecule has 1 aromatic rings. The van der Waals surface area contributed by atoms with E-state index in [1.165, 1.54) is 6.92 Å². The van der Waals surface area contributed by atoms with E-state index in [9.17, 15) is 24.0 Å². The second kappa shape index (κ2) is 11.6. The molecule has 1 unspecified atom stereocenters. The summed E-state index contributed by atoms with van der Waals surface area (Å²) in [5, 5.41) is 12.5. The van der Waals surface area contributed by atoms with Gasteiger partial charge in [-0.1, -0.05) is 42.1 Å². The van der Waals surface area contributed by atoms with Crippen LogP contribution in [-0.4, -0.2) is 51.9 Å². The van der Waals surface area contributed by atoms with Crippen LogP contribution in [0.2, 0.25) is 0 Å². The van der Waals surface area contributed by atoms with Crippen molar-refractivity contribution >= 4 is 40.8 Å². The molecule has 0 radical (unpaired) electrons. The first-order chi connectivity index (χ1) is 13.2. The van der Waals surface area contributed by atoms with Gasteiger partial charge in [-0.05, 0) is 12.5 Å². The van der Waals surface area contributed by atoms with Gasteiger partial charge < -0.3 is 26.2 Å². The van der Waals surface area contributed by atoms with E-state index < -0.39 is 53.2 Å². The number of thioether (sulfide) groups is 1. The Hall–Kier alpha value is -3.08. The first-order valence-corrected chi connectivity index (χ1v) is 9.12. The number of benzene rings is 1. The molecule has 0 saturated heterocycles. The van der Waals surface area contributed by atoms with E-state index in [4.69, 9.17) is 15.6 Å². The molecule has 1 rings (SSSR count). The minimum atomic E-state index is -1.33. The molecule has 0 aliphatic heterocycles. The summed E-state index contributed by atoms with van der Waals surface area (Å²) < 4.78 is 4.99. The van der Waals surface area contributed by atoms with Crippen molar-refractivity contribution in [2.45, 2.75) is 32.0 Å². The Morgan fingerprint density at radius 2 is 1.79 bits per heavy atom. The van der Waals surface area contributed by atoms with Crippen molar-refractivity contribution in [3.05, 3.63) is 35.9 Å². The summed E-state index contributed by atoms with van der Waals surface area (Å²) in [6, 6.07) is 6.52. The summed E-state index contributed by atoms with van der Waals surface area (Å²) in [5.41, 5.74) is 5.92. The van der Waals surface area contributed by atoms with Crippen LogP contribution < -0.4 is 16.4 Å². The molecule has 0 heterocycles. The van der Waals surface area contributed by atoms with Crippen LogP contribution in [0.15, 0.2) is 30.3 Å². The predicted octanol–water partition coefficient (Wildman–Crippen LogP) is 0.00590. The van der Waals surface area contributed by atoms with Gasteiger partial charge in [0.15, 0.2) is 5.12 Å². The average molecular weight is 411 g/mol. The highest BCUT2D eigenvalue weighted by Crippen LogP contribution is 2.08. The molecule has 2 atom stereocenters. The molecule has 5 N–H and O–H groups in total. The fraction of sp³-hybridized carbons (Fsp3) is 0.353. The monoisotopic (exact) mass is 411 g/mol. The van der Waals surface area contributed by atoms with Crippen LogP contribution in [0.5, 0.6) is 0 Å². The predicted molar refractivity (Wildman–Crippen MR) is 100 cm³/mol. The zero-order valence-electron chi connectivity index (χ0n) is 15.0. The number of amides is 3. The fourth-order valence-electron chi connectivity index (χ4n) is 1.89. The van der Waals surface area contributed by atoms with Gasteiger partial charge in [0, 0.05) is 6.42 Å². The summed E-state index contributed by atoms with van der Waals surface area (Å²) in [6.45, 7) is 1.37. The molecular weight excluding hydrogens is 390 g/mol. The summed E-state index contributed by atoms with van der Waals surface area (Å²) in [4.78, 5) is 57.4. The van der Waals surface area contributed by atoms with E-state index >= 15 is 0 Å². The smallest absolute Gasteiger partial charge is 0.408 e. The van der Waals surface area contributed by atoms with Gasteiger partial charge in [0.2, 0.25) is 11.8 Å². The summed E-state index contributed by atoms with van der Waals surface area (Å²) in [6.07, 6.45) is -1.31. The van der Waals surface area contributed by atoms with Crippen molar-refractivity contribution in [2.75, 3.05) is 5.75 Å². The van der Waals surface area contributed by atoms with E-state index in [-0.39, 0.29) is 6.61 Å². The van der Waals surface area contributed by atoms with Gasteiger partial charge in [0.05, 0.1) is 5.75 Å². The van der Waals surface area contributed by atoms with Crippen LogP contribution >= 0.6 is 11.8 Å². The molecule has 11 heteroatoms. The Labute approximate surface area is 165 Å². The van der Waals surface area contributed by atoms with Crippen molar-refractivity contribution in [2.24, 2.45) is 5.73 Å². The average Bonchev–Trinajstić information content (AvgIpc) is 2.64. The summed E-state index contributed by atoms with van der Waals surface area (Å²) in [7, 11) is 0. The van der Waals surface area contributed by atoms with Gasteiger partial charge in [0.25, 0.3) is 0 Å². The Balaban J connectivity index is 2.48. The quantitative estimate of drug-likeness (QED) is 0.418. The number of aliphatic carboxylic acids is 1. The maximum atomic E-state index is 12.1. The van der Waals surface area contributed by atoms with Crippen molar-refractivity contribution in [1.29, 1.82) is 0 Å². The van der Waals surface area contributed by atoms with Gasteiger partial charge >= 0.3 is 12.1 Å². The minimum absolute atomic E-state index is 0.0141. The van der Waals surface area contributed by atoms with Gasteiger partial charge in [-0.3, -0.25) is 19.2 Å². The fourth-order valence-corrected chi connectivity index (χ4v) is 2.46. The second-order valence-electron chi connectivity index (χ2n) is 5.65. The molecule has 0 aromatic heterocycles. The highest BCUT2D eigenvalue weighted by atomic mass is 32.2. The summed E-state index contributed by atoms with van der Waals surface area (Å²) >= 11 is 0.494. The van der Waals surface area contributed by atoms with E-state index in [0.29, 0.717) is 11.8 Å². The molecule has 0 saturated carbocycles. The molecule has 0 aliphatic rings. The number of nitrogens with one attached hydrogen (secondary N) is 2. The van der Waals surface area contributed by atoms with Gasteiger partial charge in [0.1, 0.15) is 18.7 Å². The van der Waals surface area contributed by atoms with E-state index in [1.807, 2.05) is 6.07 Å². The first kappa shape index (κ1) is 23.0. The zero-order chi connectivity index (χ0) is 21.1. The lowest BCUT2D eigenvalue weighted by Crippen LogP contribution is -2.52. The highest BCUT2D eigenvalue weighted by molar-refractivity contribution is 8.14. The molecule has 3 amide bonds. The van der Waals surface area contributed by atoms with Crippen LogP contribution in [0.1, 0.15) is 18.9 Å². The number of nitrogens with two attached hydrogens (primary N) is 1. The maximum Gasteiger partial charge on any atom is 0.408 e. The molecular formula is C17H21N3O7S. The Bertz CT molecular complexity index is 727. The van der Waals surface area contributed by atoms with Gasteiger partial charge in [-0.2, -0.15) is 0 Å². The Kier molecular flexibility index (Phi) is 9.51. The van der Waals surface area contributed by atoms with Crippen molar-refractivity contribution in [3.8, 4) is 0 Å². The lowest BCUT2D eigenvalue weighted by Gasteiger charge is -2.18. The number of primary amides is 1. The molecule has 0 bridgehead atoms. The van der Waals surface area contributed by atoms with E-state index in [1.54, 1.807) is 24.3 Å². The number of carboxylic acid groups (broad SMARTS) is 1. The topological polar surface area (TPSA) is 165 Å². The number of rotatable bonds is 10. The minimum Gasteiger partial charge on any atom is -0.481 e. The van der Waals surface area contributed by atoms with Crippen molar-refractivity contribution in [3.63, 3.8) is 0 Å². The lowest BCUT2D eigenvalue weighted by atomic mass is 10.2. The standard InChI is InChI=1S/C17H21N3O7S/c1-10(19-17(26)27-8-11-5-3-2-4-6-11)16(25)20-12(15(18)24)7-14(23)28-9-13(21)22/h2-6,10,12H,7-9H2,1H3,(H2,18,24)(H,19,26)(H,20,25)(H,21,22)/t10-,12?/m0/s1. The Morgan fingerprint density at radius 1 is 1.14 bits per heavy atom. The molecule has 28 heavy (non-hydrogen) atoms. The number of ether oxygens (including phenoxy) is 1. The molecule has 0 fully saturated rings. The lowest BCUT2D eigenvalue weighted by molar-refractivity contribution is -0.134. The van der Waals surface area contributed by atoms with E-state index in [0.717, 1.165) is 5.56 Å². The van der Waals surface area contributed by atoms with E-state index in [2.05, 4.69) is 10.6 Å². The third-order valence-electron chi connectivity index (χ3n) is 3.33. The first-order valence-electron chi connectivity index (χ1n) is 8.13. The second-order valence-corrected chi connectivity index (χ2v) is 6.68. The van der Waals surface area contributed by atoms with Crippen LogP contribution in [-0.2, 0) is 30.5 Å². The van der Waals surface area contributed by atoms with Crippen molar-refractivity contribution < 1.29 is 33.8 Å². The molecule has 152 valence electrons. The van der Waals surface area contributed by atoms with Crippen LogP contribution in [0.4, 0.5) is 4.79 Å². The normalized spacial score (nSPS) is 12.3. The number of carboxylic acids is 1. The Morgan fingerprint density at radius 3 is 2.36 bits per heavy atom. The maximum absolute atomic E-state index is 12.1. The number of hydrogen-bond acceptors (Lipinski definition) is 7. The molecule has 10 nitrogen and oxygen atoms in total. The van der Waals surface area contributed by atoms with Crippen LogP contribution in [0, 0.1) is 0 Å². The largest absolute Gasteiger partial charge is 0.481 e. The summed E-state index contributed by atoms with van der Waals surface area (Å²) in [5.74, 6) is -3.37. The third-order valence-corrected chi connectivity index (χ3v) is 4.21. The SMILES string of the molecule is C[C@H](NC(=O)OCc1ccccc1)C(=O)NC(CC(=O)SCC(=O)O)C(N)=O. The molecule has 0 spiro atoms. The number of carbonyl (C=O) groups excluding carboxylic acids is 4. The van der Waals surface area contributed by atoms with Crippen LogP contribution in [0.25, 0.3) is 0 Å². The highest BCUT2D eigenvalue weighted by Gasteiger charge is 2.25. The number of carbonyl (C=O) groups is 5. The zero-order valence-corrected chi connectivity index (χ0v) is 15.9. The van der Waals surface area contributed by atoms with Gasteiger partial charge in [-0.15, -0.1) is 0 Å². The molecule has 0 aliphatic carbocycles.